The Hall–Kier alpha value is -3.09. The Morgan fingerprint density at radius 3 is 2.52 bits per heavy atom. The Bertz CT molecular complexity index is 837. The molecule has 1 atom stereocenters. The zero-order valence-electron chi connectivity index (χ0n) is 15.7. The lowest BCUT2D eigenvalue weighted by Gasteiger charge is -2.15. The molecule has 0 aliphatic rings. The SMILES string of the molecule is CCOc1ccc(C(=O)O[C@@H](C)C(=O)Nc2ccc(C)c(F)c2)cc1OC. The van der Waals surface area contributed by atoms with Gasteiger partial charge in [0.1, 0.15) is 5.82 Å². The Morgan fingerprint density at radius 2 is 1.89 bits per heavy atom. The molecule has 0 saturated carbocycles. The summed E-state index contributed by atoms with van der Waals surface area (Å²) in [5, 5.41) is 2.51. The number of methoxy groups -OCH3 is 1. The molecule has 0 aliphatic heterocycles. The summed E-state index contributed by atoms with van der Waals surface area (Å²) in [6, 6.07) is 8.93. The topological polar surface area (TPSA) is 73.9 Å². The fraction of sp³-hybridized carbons (Fsp3) is 0.300. The summed E-state index contributed by atoms with van der Waals surface area (Å²) in [5.74, 6) is -0.792. The van der Waals surface area contributed by atoms with Crippen LogP contribution in [0, 0.1) is 12.7 Å². The molecule has 6 nitrogen and oxygen atoms in total. The Kier molecular flexibility index (Phi) is 6.76. The van der Waals surface area contributed by atoms with Gasteiger partial charge in [-0.1, -0.05) is 6.07 Å². The molecule has 0 radical (unpaired) electrons. The molecule has 1 amide bonds. The van der Waals surface area contributed by atoms with Gasteiger partial charge in [-0.05, 0) is 56.7 Å². The predicted octanol–water partition coefficient (Wildman–Crippen LogP) is 3.73. The molecule has 0 heterocycles. The molecule has 0 aliphatic carbocycles. The van der Waals surface area contributed by atoms with E-state index in [4.69, 9.17) is 14.2 Å². The predicted molar refractivity (Wildman–Crippen MR) is 98.8 cm³/mol. The summed E-state index contributed by atoms with van der Waals surface area (Å²) in [4.78, 5) is 24.5. The third-order valence-electron chi connectivity index (χ3n) is 3.79. The van der Waals surface area contributed by atoms with Crippen molar-refractivity contribution in [3.05, 3.63) is 53.3 Å². The van der Waals surface area contributed by atoms with Crippen LogP contribution in [0.5, 0.6) is 11.5 Å². The first kappa shape index (κ1) is 20.2. The number of carbonyl (C=O) groups is 2. The second-order valence-electron chi connectivity index (χ2n) is 5.80. The van der Waals surface area contributed by atoms with Crippen molar-refractivity contribution in [3.63, 3.8) is 0 Å². The average molecular weight is 375 g/mol. The first-order valence-corrected chi connectivity index (χ1v) is 8.44. The number of carbonyl (C=O) groups excluding carboxylic acids is 2. The molecule has 0 fully saturated rings. The number of anilines is 1. The van der Waals surface area contributed by atoms with E-state index >= 15 is 0 Å². The molecular formula is C20H22FNO5. The van der Waals surface area contributed by atoms with Gasteiger partial charge >= 0.3 is 5.97 Å². The first-order chi connectivity index (χ1) is 12.8. The molecule has 1 N–H and O–H groups in total. The van der Waals surface area contributed by atoms with E-state index in [1.807, 2.05) is 6.92 Å². The monoisotopic (exact) mass is 375 g/mol. The number of esters is 1. The molecule has 7 heteroatoms. The molecule has 0 saturated heterocycles. The second kappa shape index (κ2) is 9.02. The Labute approximate surface area is 157 Å². The van der Waals surface area contributed by atoms with Crippen molar-refractivity contribution < 1.29 is 28.2 Å². The first-order valence-electron chi connectivity index (χ1n) is 8.44. The van der Waals surface area contributed by atoms with Crippen LogP contribution in [0.1, 0.15) is 29.8 Å². The van der Waals surface area contributed by atoms with E-state index in [2.05, 4.69) is 5.32 Å². The maximum Gasteiger partial charge on any atom is 0.339 e. The van der Waals surface area contributed by atoms with Crippen LogP contribution in [0.15, 0.2) is 36.4 Å². The van der Waals surface area contributed by atoms with Gasteiger partial charge in [0.15, 0.2) is 17.6 Å². The summed E-state index contributed by atoms with van der Waals surface area (Å²) < 4.78 is 29.3. The molecule has 2 aromatic carbocycles. The van der Waals surface area contributed by atoms with E-state index in [0.717, 1.165) is 0 Å². The van der Waals surface area contributed by atoms with E-state index in [0.29, 0.717) is 23.7 Å². The van der Waals surface area contributed by atoms with Gasteiger partial charge in [-0.3, -0.25) is 4.79 Å². The van der Waals surface area contributed by atoms with Crippen LogP contribution in [-0.2, 0) is 9.53 Å². The highest BCUT2D eigenvalue weighted by Crippen LogP contribution is 2.28. The Balaban J connectivity index is 2.03. The van der Waals surface area contributed by atoms with E-state index in [1.165, 1.54) is 32.2 Å². The molecule has 0 spiro atoms. The summed E-state index contributed by atoms with van der Waals surface area (Å²) in [7, 11) is 1.46. The van der Waals surface area contributed by atoms with Gasteiger partial charge in [-0.2, -0.15) is 0 Å². The van der Waals surface area contributed by atoms with E-state index in [-0.39, 0.29) is 11.3 Å². The van der Waals surface area contributed by atoms with Gasteiger partial charge in [-0.25, -0.2) is 9.18 Å². The number of aryl methyl sites for hydroxylation is 1. The van der Waals surface area contributed by atoms with Gasteiger partial charge < -0.3 is 19.5 Å². The third kappa shape index (κ3) is 5.20. The highest BCUT2D eigenvalue weighted by Gasteiger charge is 2.20. The summed E-state index contributed by atoms with van der Waals surface area (Å²) in [6.45, 7) is 5.35. The zero-order valence-corrected chi connectivity index (χ0v) is 15.7. The molecule has 27 heavy (non-hydrogen) atoms. The van der Waals surface area contributed by atoms with Crippen molar-refractivity contribution in [2.45, 2.75) is 26.9 Å². The molecule has 144 valence electrons. The Morgan fingerprint density at radius 1 is 1.15 bits per heavy atom. The van der Waals surface area contributed by atoms with Gasteiger partial charge in [-0.15, -0.1) is 0 Å². The molecule has 2 aromatic rings. The van der Waals surface area contributed by atoms with Crippen LogP contribution in [0.3, 0.4) is 0 Å². The average Bonchev–Trinajstić information content (AvgIpc) is 2.65. The number of rotatable bonds is 7. The van der Waals surface area contributed by atoms with Crippen molar-refractivity contribution >= 4 is 17.6 Å². The van der Waals surface area contributed by atoms with Crippen LogP contribution in [0.4, 0.5) is 10.1 Å². The highest BCUT2D eigenvalue weighted by molar-refractivity contribution is 5.97. The fourth-order valence-corrected chi connectivity index (χ4v) is 2.27. The van der Waals surface area contributed by atoms with Crippen molar-refractivity contribution in [2.24, 2.45) is 0 Å². The molecule has 2 rings (SSSR count). The van der Waals surface area contributed by atoms with Crippen molar-refractivity contribution in [1.29, 1.82) is 0 Å². The minimum Gasteiger partial charge on any atom is -0.493 e. The lowest BCUT2D eigenvalue weighted by Crippen LogP contribution is -2.30. The van der Waals surface area contributed by atoms with E-state index in [9.17, 15) is 14.0 Å². The van der Waals surface area contributed by atoms with Crippen molar-refractivity contribution in [1.82, 2.24) is 0 Å². The van der Waals surface area contributed by atoms with Gasteiger partial charge in [0.05, 0.1) is 19.3 Å². The fourth-order valence-electron chi connectivity index (χ4n) is 2.27. The normalized spacial score (nSPS) is 11.4. The van der Waals surface area contributed by atoms with Crippen LogP contribution in [0.2, 0.25) is 0 Å². The number of halogens is 1. The van der Waals surface area contributed by atoms with Crippen LogP contribution < -0.4 is 14.8 Å². The lowest BCUT2D eigenvalue weighted by molar-refractivity contribution is -0.123. The molecule has 0 unspecified atom stereocenters. The highest BCUT2D eigenvalue weighted by atomic mass is 19.1. The zero-order chi connectivity index (χ0) is 20.0. The largest absolute Gasteiger partial charge is 0.493 e. The quantitative estimate of drug-likeness (QED) is 0.747. The standard InChI is InChI=1S/C20H22FNO5/c1-5-26-17-9-7-14(10-18(17)25-4)20(24)27-13(3)19(23)22-15-8-6-12(2)16(21)11-15/h6-11,13H,5H2,1-4H3,(H,22,23)/t13-/m0/s1. The maximum absolute atomic E-state index is 13.6. The summed E-state index contributed by atoms with van der Waals surface area (Å²) in [5.41, 5.74) is 0.974. The number of hydrogen-bond acceptors (Lipinski definition) is 5. The van der Waals surface area contributed by atoms with Gasteiger partial charge in [0, 0.05) is 5.69 Å². The van der Waals surface area contributed by atoms with Gasteiger partial charge in [0.2, 0.25) is 0 Å². The van der Waals surface area contributed by atoms with Crippen LogP contribution in [0.25, 0.3) is 0 Å². The minimum atomic E-state index is -1.07. The molecule has 0 bridgehead atoms. The molecule has 0 aromatic heterocycles. The van der Waals surface area contributed by atoms with E-state index in [1.54, 1.807) is 25.1 Å². The molecular weight excluding hydrogens is 353 g/mol. The summed E-state index contributed by atoms with van der Waals surface area (Å²) in [6.07, 6.45) is -1.07. The third-order valence-corrected chi connectivity index (χ3v) is 3.79. The number of nitrogens with one attached hydrogen (secondary N) is 1. The minimum absolute atomic E-state index is 0.219. The smallest absolute Gasteiger partial charge is 0.339 e. The number of hydrogen-bond donors (Lipinski definition) is 1. The number of benzene rings is 2. The van der Waals surface area contributed by atoms with Crippen molar-refractivity contribution in [2.75, 3.05) is 19.0 Å². The number of ether oxygens (including phenoxy) is 3. The van der Waals surface area contributed by atoms with E-state index < -0.39 is 23.8 Å². The lowest BCUT2D eigenvalue weighted by atomic mass is 10.2. The summed E-state index contributed by atoms with van der Waals surface area (Å²) >= 11 is 0. The van der Waals surface area contributed by atoms with Crippen LogP contribution in [-0.4, -0.2) is 31.7 Å². The van der Waals surface area contributed by atoms with Crippen LogP contribution >= 0.6 is 0 Å². The van der Waals surface area contributed by atoms with Crippen molar-refractivity contribution in [3.8, 4) is 11.5 Å². The maximum atomic E-state index is 13.6. The second-order valence-corrected chi connectivity index (χ2v) is 5.80. The van der Waals surface area contributed by atoms with Gasteiger partial charge in [0.25, 0.3) is 5.91 Å². The number of amides is 1.